The summed E-state index contributed by atoms with van der Waals surface area (Å²) >= 11 is 5.74. The van der Waals surface area contributed by atoms with Crippen LogP contribution in [0.2, 0.25) is 5.02 Å². The topological polar surface area (TPSA) is 52.6 Å². The Morgan fingerprint density at radius 2 is 1.82 bits per heavy atom. The standard InChI is InChI=1S/C14H16ClF3N2O2/c15-10-1-3-11(4-2-10)19-13(22)20-7-5-9(6-8-20)12(21)14(16,17)18/h1-4,9,12,21H,5-8H2,(H,19,22)/t12-/m0/s1. The smallest absolute Gasteiger partial charge is 0.383 e. The zero-order valence-electron chi connectivity index (χ0n) is 11.6. The average Bonchev–Trinajstić information content (AvgIpc) is 2.48. The third-order valence-corrected chi connectivity index (χ3v) is 3.96. The van der Waals surface area contributed by atoms with Crippen molar-refractivity contribution >= 4 is 23.3 Å². The first kappa shape index (κ1) is 16.9. The van der Waals surface area contributed by atoms with Crippen molar-refractivity contribution in [3.63, 3.8) is 0 Å². The molecule has 122 valence electrons. The van der Waals surface area contributed by atoms with Crippen LogP contribution in [0.15, 0.2) is 24.3 Å². The molecule has 0 unspecified atom stereocenters. The normalized spacial score (nSPS) is 18.1. The van der Waals surface area contributed by atoms with Crippen LogP contribution in [0.1, 0.15) is 12.8 Å². The Labute approximate surface area is 130 Å². The average molecular weight is 337 g/mol. The van der Waals surface area contributed by atoms with Crippen molar-refractivity contribution < 1.29 is 23.1 Å². The van der Waals surface area contributed by atoms with Crippen LogP contribution in [0.3, 0.4) is 0 Å². The number of carbonyl (C=O) groups excluding carboxylic acids is 1. The van der Waals surface area contributed by atoms with Crippen LogP contribution in [0.4, 0.5) is 23.7 Å². The number of likely N-dealkylation sites (tertiary alicyclic amines) is 1. The van der Waals surface area contributed by atoms with E-state index in [4.69, 9.17) is 11.6 Å². The van der Waals surface area contributed by atoms with E-state index in [1.807, 2.05) is 0 Å². The van der Waals surface area contributed by atoms with Gasteiger partial charge < -0.3 is 15.3 Å². The predicted octanol–water partition coefficient (Wildman–Crippen LogP) is 3.51. The molecule has 0 saturated carbocycles. The van der Waals surface area contributed by atoms with E-state index < -0.39 is 18.2 Å². The molecular weight excluding hydrogens is 321 g/mol. The van der Waals surface area contributed by atoms with Gasteiger partial charge in [0.2, 0.25) is 0 Å². The van der Waals surface area contributed by atoms with E-state index in [2.05, 4.69) is 5.32 Å². The molecular formula is C14H16ClF3N2O2. The van der Waals surface area contributed by atoms with Crippen LogP contribution in [0.5, 0.6) is 0 Å². The molecule has 0 spiro atoms. The van der Waals surface area contributed by atoms with Crippen LogP contribution < -0.4 is 5.32 Å². The summed E-state index contributed by atoms with van der Waals surface area (Å²) in [6, 6.07) is 6.16. The Bertz CT molecular complexity index is 514. The number of urea groups is 1. The number of carbonyl (C=O) groups is 1. The molecule has 1 aromatic carbocycles. The lowest BCUT2D eigenvalue weighted by Gasteiger charge is -2.34. The highest BCUT2D eigenvalue weighted by Crippen LogP contribution is 2.31. The summed E-state index contributed by atoms with van der Waals surface area (Å²) in [6.07, 6.45) is -6.70. The molecule has 2 N–H and O–H groups in total. The summed E-state index contributed by atoms with van der Waals surface area (Å²) in [5, 5.41) is 12.4. The highest BCUT2D eigenvalue weighted by atomic mass is 35.5. The van der Waals surface area contributed by atoms with Crippen LogP contribution in [-0.4, -0.2) is 41.4 Å². The number of rotatable bonds is 2. The lowest BCUT2D eigenvalue weighted by molar-refractivity contribution is -0.222. The fraction of sp³-hybridized carbons (Fsp3) is 0.500. The molecule has 1 aliphatic heterocycles. The van der Waals surface area contributed by atoms with Crippen molar-refractivity contribution in [3.05, 3.63) is 29.3 Å². The molecule has 2 rings (SSSR count). The fourth-order valence-corrected chi connectivity index (χ4v) is 2.55. The second kappa shape index (κ2) is 6.75. The van der Waals surface area contributed by atoms with Gasteiger partial charge in [-0.2, -0.15) is 13.2 Å². The second-order valence-corrected chi connectivity index (χ2v) is 5.68. The van der Waals surface area contributed by atoms with Gasteiger partial charge in [0, 0.05) is 23.8 Å². The van der Waals surface area contributed by atoms with E-state index in [-0.39, 0.29) is 32.0 Å². The summed E-state index contributed by atoms with van der Waals surface area (Å²) in [5.74, 6) is -0.861. The number of nitrogens with one attached hydrogen (secondary N) is 1. The molecule has 22 heavy (non-hydrogen) atoms. The van der Waals surface area contributed by atoms with Crippen LogP contribution in [0, 0.1) is 5.92 Å². The molecule has 0 aliphatic carbocycles. The maximum Gasteiger partial charge on any atom is 0.414 e. The summed E-state index contributed by atoms with van der Waals surface area (Å²) in [4.78, 5) is 13.5. The number of aliphatic hydroxyl groups is 1. The number of nitrogens with zero attached hydrogens (tertiary/aromatic N) is 1. The summed E-state index contributed by atoms with van der Waals surface area (Å²) in [6.45, 7) is 0.356. The van der Waals surface area contributed by atoms with E-state index in [1.165, 1.54) is 4.90 Å². The van der Waals surface area contributed by atoms with E-state index in [0.717, 1.165) is 0 Å². The molecule has 1 saturated heterocycles. The van der Waals surface area contributed by atoms with Gasteiger partial charge in [0.25, 0.3) is 0 Å². The van der Waals surface area contributed by atoms with Crippen molar-refractivity contribution in [1.82, 2.24) is 4.90 Å². The molecule has 1 aliphatic rings. The van der Waals surface area contributed by atoms with Gasteiger partial charge in [-0.05, 0) is 43.0 Å². The van der Waals surface area contributed by atoms with Crippen LogP contribution in [-0.2, 0) is 0 Å². The molecule has 4 nitrogen and oxygen atoms in total. The van der Waals surface area contributed by atoms with Crippen molar-refractivity contribution in [2.45, 2.75) is 25.1 Å². The molecule has 0 aromatic heterocycles. The zero-order chi connectivity index (χ0) is 16.3. The highest BCUT2D eigenvalue weighted by Gasteiger charge is 2.44. The lowest BCUT2D eigenvalue weighted by atomic mass is 9.91. The largest absolute Gasteiger partial charge is 0.414 e. The minimum absolute atomic E-state index is 0.120. The quantitative estimate of drug-likeness (QED) is 0.868. The van der Waals surface area contributed by atoms with E-state index in [1.54, 1.807) is 24.3 Å². The molecule has 1 aromatic rings. The SMILES string of the molecule is O=C(Nc1ccc(Cl)cc1)N1CCC([C@H](O)C(F)(F)F)CC1. The third-order valence-electron chi connectivity index (χ3n) is 3.70. The van der Waals surface area contributed by atoms with Gasteiger partial charge in [-0.3, -0.25) is 0 Å². The van der Waals surface area contributed by atoms with E-state index in [9.17, 15) is 23.1 Å². The first-order valence-electron chi connectivity index (χ1n) is 6.83. The number of anilines is 1. The Balaban J connectivity index is 1.86. The Morgan fingerprint density at radius 3 is 2.32 bits per heavy atom. The number of alkyl halides is 3. The van der Waals surface area contributed by atoms with Gasteiger partial charge in [-0.15, -0.1) is 0 Å². The van der Waals surface area contributed by atoms with Crippen molar-refractivity contribution in [2.75, 3.05) is 18.4 Å². The molecule has 8 heteroatoms. The van der Waals surface area contributed by atoms with E-state index in [0.29, 0.717) is 10.7 Å². The maximum absolute atomic E-state index is 12.5. The first-order chi connectivity index (χ1) is 10.3. The number of hydrogen-bond acceptors (Lipinski definition) is 2. The summed E-state index contributed by atoms with van der Waals surface area (Å²) < 4.78 is 37.4. The van der Waals surface area contributed by atoms with Gasteiger partial charge in [0.1, 0.15) is 0 Å². The molecule has 2 amide bonds. The van der Waals surface area contributed by atoms with Crippen LogP contribution in [0.25, 0.3) is 0 Å². The van der Waals surface area contributed by atoms with Gasteiger partial charge in [-0.25, -0.2) is 4.79 Å². The van der Waals surface area contributed by atoms with Crippen molar-refractivity contribution in [1.29, 1.82) is 0 Å². The van der Waals surface area contributed by atoms with Gasteiger partial charge in [0.15, 0.2) is 6.10 Å². The Hall–Kier alpha value is -1.47. The molecule has 1 fully saturated rings. The Morgan fingerprint density at radius 1 is 1.27 bits per heavy atom. The number of aliphatic hydroxyl groups excluding tert-OH is 1. The zero-order valence-corrected chi connectivity index (χ0v) is 12.4. The summed E-state index contributed by atoms with van der Waals surface area (Å²) in [5.41, 5.74) is 0.562. The van der Waals surface area contributed by atoms with Crippen LogP contribution >= 0.6 is 11.6 Å². The number of amides is 2. The number of hydrogen-bond donors (Lipinski definition) is 2. The monoisotopic (exact) mass is 336 g/mol. The molecule has 1 atom stereocenters. The minimum atomic E-state index is -4.61. The van der Waals surface area contributed by atoms with E-state index >= 15 is 0 Å². The third kappa shape index (κ3) is 4.27. The molecule has 0 bridgehead atoms. The number of piperidine rings is 1. The molecule has 1 heterocycles. The first-order valence-corrected chi connectivity index (χ1v) is 7.21. The lowest BCUT2D eigenvalue weighted by Crippen LogP contribution is -2.46. The van der Waals surface area contributed by atoms with Crippen molar-refractivity contribution in [3.8, 4) is 0 Å². The molecule has 0 radical (unpaired) electrons. The van der Waals surface area contributed by atoms with Gasteiger partial charge >= 0.3 is 12.2 Å². The van der Waals surface area contributed by atoms with Gasteiger partial charge in [0.05, 0.1) is 0 Å². The summed E-state index contributed by atoms with van der Waals surface area (Å²) in [7, 11) is 0. The predicted molar refractivity (Wildman–Crippen MR) is 76.8 cm³/mol. The van der Waals surface area contributed by atoms with Crippen molar-refractivity contribution in [2.24, 2.45) is 5.92 Å². The van der Waals surface area contributed by atoms with Gasteiger partial charge in [-0.1, -0.05) is 11.6 Å². The Kier molecular flexibility index (Phi) is 5.18. The minimum Gasteiger partial charge on any atom is -0.383 e. The number of benzene rings is 1. The second-order valence-electron chi connectivity index (χ2n) is 5.25. The fourth-order valence-electron chi connectivity index (χ4n) is 2.42. The highest BCUT2D eigenvalue weighted by molar-refractivity contribution is 6.30. The maximum atomic E-state index is 12.5. The number of halogens is 4.